The minimum Gasteiger partial charge on any atom is -0.480 e. The number of carbonyl (C=O) groups is 5. The Morgan fingerprint density at radius 1 is 1.12 bits per heavy atom. The Morgan fingerprint density at radius 3 is 2.20 bits per heavy atom. The maximum Gasteiger partial charge on any atom is 0.325 e. The van der Waals surface area contributed by atoms with Crippen molar-refractivity contribution in [1.82, 2.24) is 14.9 Å². The first-order chi connectivity index (χ1) is 11.8. The quantitative estimate of drug-likeness (QED) is 0.754. The molecule has 25 heavy (non-hydrogen) atoms. The van der Waals surface area contributed by atoms with E-state index in [0.29, 0.717) is 0 Å². The number of hydrazine groups is 1. The van der Waals surface area contributed by atoms with E-state index in [4.69, 9.17) is 5.11 Å². The molecule has 2 aliphatic heterocycles. The van der Waals surface area contributed by atoms with Gasteiger partial charge in [0.1, 0.15) is 12.6 Å². The van der Waals surface area contributed by atoms with Crippen LogP contribution in [0.3, 0.4) is 0 Å². The highest BCUT2D eigenvalue weighted by molar-refractivity contribution is 6.23. The maximum absolute atomic E-state index is 12.8. The molecule has 1 fully saturated rings. The molecule has 1 saturated heterocycles. The fourth-order valence-corrected chi connectivity index (χ4v) is 3.04. The van der Waals surface area contributed by atoms with Gasteiger partial charge in [0.15, 0.2) is 0 Å². The van der Waals surface area contributed by atoms with Gasteiger partial charge in [-0.05, 0) is 18.6 Å². The number of amides is 4. The molecule has 1 atom stereocenters. The van der Waals surface area contributed by atoms with Gasteiger partial charge < -0.3 is 5.11 Å². The summed E-state index contributed by atoms with van der Waals surface area (Å²) in [6, 6.07) is 4.97. The zero-order valence-electron chi connectivity index (χ0n) is 13.3. The smallest absolute Gasteiger partial charge is 0.325 e. The first kappa shape index (κ1) is 16.6. The number of hydrogen-bond acceptors (Lipinski definition) is 5. The molecule has 9 nitrogen and oxygen atoms in total. The molecule has 130 valence electrons. The fourth-order valence-electron chi connectivity index (χ4n) is 3.04. The molecular formula is C16H15N3O6. The van der Waals surface area contributed by atoms with E-state index in [9.17, 15) is 24.0 Å². The van der Waals surface area contributed by atoms with Crippen molar-refractivity contribution < 1.29 is 29.1 Å². The van der Waals surface area contributed by atoms with Gasteiger partial charge in [0, 0.05) is 13.5 Å². The van der Waals surface area contributed by atoms with Gasteiger partial charge in [-0.15, -0.1) is 0 Å². The predicted octanol–water partition coefficient (Wildman–Crippen LogP) is -0.268. The van der Waals surface area contributed by atoms with E-state index >= 15 is 0 Å². The first-order valence-electron chi connectivity index (χ1n) is 7.59. The van der Waals surface area contributed by atoms with E-state index in [1.165, 1.54) is 19.2 Å². The lowest BCUT2D eigenvalue weighted by Crippen LogP contribution is -2.55. The average molecular weight is 345 g/mol. The summed E-state index contributed by atoms with van der Waals surface area (Å²) in [5.41, 5.74) is 0.378. The molecule has 0 bridgehead atoms. The van der Waals surface area contributed by atoms with Crippen molar-refractivity contribution in [3.05, 3.63) is 35.4 Å². The molecule has 0 unspecified atom stereocenters. The largest absolute Gasteiger partial charge is 0.480 e. The summed E-state index contributed by atoms with van der Waals surface area (Å²) in [5.74, 6) is -3.78. The number of aliphatic carboxylic acids is 1. The Bertz CT molecular complexity index is 770. The molecule has 0 saturated carbocycles. The van der Waals surface area contributed by atoms with E-state index in [1.807, 2.05) is 0 Å². The summed E-state index contributed by atoms with van der Waals surface area (Å²) >= 11 is 0. The molecule has 1 N–H and O–H groups in total. The standard InChI is InChI=1S/C16H15N3O6/c1-17-12(20)7-6-11(16(25)18(17)8-13(21)22)19-14(23)9-4-2-3-5-10(9)15(19)24/h2-5,11H,6-8H2,1H3,(H,21,22)/t11-/m0/s1. The number of benzene rings is 1. The summed E-state index contributed by atoms with van der Waals surface area (Å²) in [7, 11) is 1.29. The molecule has 0 aliphatic carbocycles. The van der Waals surface area contributed by atoms with Gasteiger partial charge in [-0.25, -0.2) is 5.01 Å². The van der Waals surface area contributed by atoms with E-state index in [2.05, 4.69) is 0 Å². The molecule has 1 aromatic rings. The molecule has 3 rings (SSSR count). The second-order valence-corrected chi connectivity index (χ2v) is 5.79. The van der Waals surface area contributed by atoms with Gasteiger partial charge in [-0.3, -0.25) is 33.9 Å². The van der Waals surface area contributed by atoms with Crippen LogP contribution in [0.15, 0.2) is 24.3 Å². The Hall–Kier alpha value is -3.23. The van der Waals surface area contributed by atoms with Gasteiger partial charge in [0.2, 0.25) is 5.91 Å². The number of carbonyl (C=O) groups excluding carboxylic acids is 4. The lowest BCUT2D eigenvalue weighted by Gasteiger charge is -2.32. The van der Waals surface area contributed by atoms with Gasteiger partial charge in [-0.1, -0.05) is 12.1 Å². The minimum absolute atomic E-state index is 0.0520. The summed E-state index contributed by atoms with van der Waals surface area (Å²) in [4.78, 5) is 61.8. The number of nitrogens with zero attached hydrogens (tertiary/aromatic N) is 3. The monoisotopic (exact) mass is 345 g/mol. The van der Waals surface area contributed by atoms with E-state index in [0.717, 1.165) is 14.9 Å². The van der Waals surface area contributed by atoms with Gasteiger partial charge in [0.25, 0.3) is 17.7 Å². The Kier molecular flexibility index (Phi) is 3.99. The van der Waals surface area contributed by atoms with Crippen LogP contribution < -0.4 is 0 Å². The van der Waals surface area contributed by atoms with Crippen LogP contribution in [0, 0.1) is 0 Å². The molecule has 9 heteroatoms. The van der Waals surface area contributed by atoms with Crippen molar-refractivity contribution in [2.45, 2.75) is 18.9 Å². The van der Waals surface area contributed by atoms with Crippen LogP contribution >= 0.6 is 0 Å². The third-order valence-electron chi connectivity index (χ3n) is 4.32. The lowest BCUT2D eigenvalue weighted by atomic mass is 10.1. The van der Waals surface area contributed by atoms with Crippen molar-refractivity contribution in [2.24, 2.45) is 0 Å². The minimum atomic E-state index is -1.31. The third-order valence-corrected chi connectivity index (χ3v) is 4.32. The zero-order valence-corrected chi connectivity index (χ0v) is 13.3. The molecule has 2 aliphatic rings. The molecule has 0 spiro atoms. The molecule has 0 radical (unpaired) electrons. The van der Waals surface area contributed by atoms with Crippen molar-refractivity contribution in [1.29, 1.82) is 0 Å². The SMILES string of the molecule is CN1C(=O)CC[C@H](N2C(=O)c3ccccc3C2=O)C(=O)N1CC(=O)O. The number of carboxylic acids is 1. The molecule has 2 heterocycles. The topological polar surface area (TPSA) is 115 Å². The molecule has 1 aromatic carbocycles. The number of carboxylic acid groups (broad SMARTS) is 1. The number of rotatable bonds is 3. The zero-order chi connectivity index (χ0) is 18.3. The first-order valence-corrected chi connectivity index (χ1v) is 7.59. The maximum atomic E-state index is 12.8. The van der Waals surface area contributed by atoms with E-state index in [-0.39, 0.29) is 24.0 Å². The van der Waals surface area contributed by atoms with Crippen molar-refractivity contribution >= 4 is 29.6 Å². The second kappa shape index (κ2) is 6.00. The van der Waals surface area contributed by atoms with Crippen LogP contribution in [0.5, 0.6) is 0 Å². The highest BCUT2D eigenvalue weighted by Gasteiger charge is 2.46. The number of fused-ring (bicyclic) bond motifs is 1. The normalized spacial score (nSPS) is 20.8. The van der Waals surface area contributed by atoms with Crippen molar-refractivity contribution in [3.63, 3.8) is 0 Å². The van der Waals surface area contributed by atoms with Crippen molar-refractivity contribution in [2.75, 3.05) is 13.6 Å². The summed E-state index contributed by atoms with van der Waals surface area (Å²) in [5, 5.41) is 10.7. The summed E-state index contributed by atoms with van der Waals surface area (Å²) < 4.78 is 0. The van der Waals surface area contributed by atoms with E-state index in [1.54, 1.807) is 12.1 Å². The summed E-state index contributed by atoms with van der Waals surface area (Å²) in [6.45, 7) is -0.735. The van der Waals surface area contributed by atoms with Crippen molar-refractivity contribution in [3.8, 4) is 0 Å². The van der Waals surface area contributed by atoms with E-state index < -0.39 is 42.2 Å². The highest BCUT2D eigenvalue weighted by Crippen LogP contribution is 2.28. The van der Waals surface area contributed by atoms with Crippen LogP contribution in [0.25, 0.3) is 0 Å². The van der Waals surface area contributed by atoms with Gasteiger partial charge >= 0.3 is 5.97 Å². The van der Waals surface area contributed by atoms with Gasteiger partial charge in [0.05, 0.1) is 11.1 Å². The molecular weight excluding hydrogens is 330 g/mol. The average Bonchev–Trinajstić information content (AvgIpc) is 2.78. The van der Waals surface area contributed by atoms with Crippen LogP contribution in [-0.4, -0.2) is 69.3 Å². The van der Waals surface area contributed by atoms with Crippen LogP contribution in [-0.2, 0) is 14.4 Å². The number of imide groups is 1. The molecule has 0 aromatic heterocycles. The molecule has 4 amide bonds. The van der Waals surface area contributed by atoms with Crippen LogP contribution in [0.4, 0.5) is 0 Å². The fraction of sp³-hybridized carbons (Fsp3) is 0.312. The lowest BCUT2D eigenvalue weighted by molar-refractivity contribution is -0.165. The number of hydrogen-bond donors (Lipinski definition) is 1. The van der Waals surface area contributed by atoms with Gasteiger partial charge in [-0.2, -0.15) is 0 Å². The van der Waals surface area contributed by atoms with Crippen LogP contribution in [0.2, 0.25) is 0 Å². The predicted molar refractivity (Wildman–Crippen MR) is 82.1 cm³/mol. The highest BCUT2D eigenvalue weighted by atomic mass is 16.4. The summed E-state index contributed by atoms with van der Waals surface area (Å²) in [6.07, 6.45) is -0.139. The van der Waals surface area contributed by atoms with Crippen LogP contribution in [0.1, 0.15) is 33.6 Å². The Balaban J connectivity index is 1.98. The third kappa shape index (κ3) is 2.63. The Morgan fingerprint density at radius 2 is 1.68 bits per heavy atom. The Labute approximate surface area is 142 Å². The second-order valence-electron chi connectivity index (χ2n) is 5.79.